The summed E-state index contributed by atoms with van der Waals surface area (Å²) in [5.41, 5.74) is 0.388. The van der Waals surface area contributed by atoms with E-state index in [1.165, 1.54) is 32.2 Å². The molecule has 0 saturated heterocycles. The normalized spacial score (nSPS) is 19.1. The van der Waals surface area contributed by atoms with Gasteiger partial charge in [-0.15, -0.1) is 0 Å². The van der Waals surface area contributed by atoms with Gasteiger partial charge in [0.05, 0.1) is 0 Å². The quantitative estimate of drug-likeness (QED) is 0.684. The zero-order valence-electron chi connectivity index (χ0n) is 11.8. The second-order valence-electron chi connectivity index (χ2n) is 6.37. The maximum Gasteiger partial charge on any atom is 0.00684 e. The first kappa shape index (κ1) is 14.0. The van der Waals surface area contributed by atoms with E-state index in [1.807, 2.05) is 0 Å². The van der Waals surface area contributed by atoms with E-state index in [-0.39, 0.29) is 0 Å². The van der Waals surface area contributed by atoms with Crippen LogP contribution in [0.5, 0.6) is 0 Å². The van der Waals surface area contributed by atoms with Crippen molar-refractivity contribution in [3.63, 3.8) is 0 Å². The lowest BCUT2D eigenvalue weighted by Gasteiger charge is -2.34. The summed E-state index contributed by atoms with van der Waals surface area (Å²) in [6.07, 6.45) is 5.37. The van der Waals surface area contributed by atoms with E-state index in [0.29, 0.717) is 11.5 Å². The van der Waals surface area contributed by atoms with Crippen LogP contribution in [-0.2, 0) is 0 Å². The van der Waals surface area contributed by atoms with Crippen molar-refractivity contribution in [2.45, 2.75) is 65.5 Å². The van der Waals surface area contributed by atoms with Gasteiger partial charge in [-0.2, -0.15) is 0 Å². The maximum atomic E-state index is 3.65. The van der Waals surface area contributed by atoms with Gasteiger partial charge in [0.25, 0.3) is 0 Å². The third kappa shape index (κ3) is 5.31. The summed E-state index contributed by atoms with van der Waals surface area (Å²) < 4.78 is 0. The highest BCUT2D eigenvalue weighted by Gasteiger charge is 2.26. The van der Waals surface area contributed by atoms with Gasteiger partial charge in [0, 0.05) is 25.2 Å². The molecule has 0 heterocycles. The molecule has 0 spiro atoms. The minimum atomic E-state index is 0.388. The molecule has 1 aliphatic carbocycles. The van der Waals surface area contributed by atoms with Gasteiger partial charge in [0.2, 0.25) is 0 Å². The van der Waals surface area contributed by atoms with Crippen LogP contribution in [0, 0.1) is 5.41 Å². The second kappa shape index (κ2) is 6.02. The Kier molecular flexibility index (Phi) is 5.26. The summed E-state index contributed by atoms with van der Waals surface area (Å²) in [4.78, 5) is 2.51. The molecule has 96 valence electrons. The van der Waals surface area contributed by atoms with Gasteiger partial charge in [-0.25, -0.2) is 0 Å². The lowest BCUT2D eigenvalue weighted by atomic mass is 9.92. The van der Waals surface area contributed by atoms with Gasteiger partial charge in [-0.3, -0.25) is 0 Å². The average Bonchev–Trinajstić information content (AvgIpc) is 2.98. The van der Waals surface area contributed by atoms with Gasteiger partial charge in [-0.05, 0) is 38.6 Å². The number of nitrogens with one attached hydrogen (secondary N) is 1. The van der Waals surface area contributed by atoms with Crippen molar-refractivity contribution in [3.8, 4) is 0 Å². The lowest BCUT2D eigenvalue weighted by Crippen LogP contribution is -2.42. The van der Waals surface area contributed by atoms with Crippen LogP contribution in [0.2, 0.25) is 0 Å². The molecule has 1 fully saturated rings. The number of hydrogen-bond acceptors (Lipinski definition) is 2. The minimum Gasteiger partial charge on any atom is -0.313 e. The first-order valence-electron chi connectivity index (χ1n) is 6.88. The fourth-order valence-electron chi connectivity index (χ4n) is 2.23. The van der Waals surface area contributed by atoms with Crippen molar-refractivity contribution in [1.82, 2.24) is 10.2 Å². The summed E-state index contributed by atoms with van der Waals surface area (Å²) >= 11 is 0. The molecule has 1 N–H and O–H groups in total. The van der Waals surface area contributed by atoms with Crippen LogP contribution < -0.4 is 5.32 Å². The van der Waals surface area contributed by atoms with E-state index in [9.17, 15) is 0 Å². The van der Waals surface area contributed by atoms with E-state index in [2.05, 4.69) is 45.0 Å². The van der Waals surface area contributed by atoms with Gasteiger partial charge in [0.15, 0.2) is 0 Å². The molecule has 0 aromatic rings. The van der Waals surface area contributed by atoms with Crippen molar-refractivity contribution in [2.75, 3.05) is 20.1 Å². The zero-order valence-corrected chi connectivity index (χ0v) is 11.8. The molecule has 1 unspecified atom stereocenters. The van der Waals surface area contributed by atoms with Crippen LogP contribution in [-0.4, -0.2) is 37.1 Å². The largest absolute Gasteiger partial charge is 0.313 e. The van der Waals surface area contributed by atoms with Crippen molar-refractivity contribution >= 4 is 0 Å². The van der Waals surface area contributed by atoms with Crippen LogP contribution in [0.25, 0.3) is 0 Å². The van der Waals surface area contributed by atoms with E-state index in [1.54, 1.807) is 0 Å². The first-order valence-corrected chi connectivity index (χ1v) is 6.88. The SMILES string of the molecule is CCCC(C)N(C)CC(C)(C)CNC1CC1. The summed E-state index contributed by atoms with van der Waals surface area (Å²) in [5.74, 6) is 0. The van der Waals surface area contributed by atoms with E-state index < -0.39 is 0 Å². The van der Waals surface area contributed by atoms with Gasteiger partial charge >= 0.3 is 0 Å². The van der Waals surface area contributed by atoms with Gasteiger partial charge in [0.1, 0.15) is 0 Å². The highest BCUT2D eigenvalue weighted by molar-refractivity contribution is 4.85. The van der Waals surface area contributed by atoms with Crippen LogP contribution >= 0.6 is 0 Å². The highest BCUT2D eigenvalue weighted by Crippen LogP contribution is 2.23. The Morgan fingerprint density at radius 1 is 1.38 bits per heavy atom. The molecular formula is C14H30N2. The summed E-state index contributed by atoms with van der Waals surface area (Å²) in [6, 6.07) is 1.54. The Labute approximate surface area is 102 Å². The fraction of sp³-hybridized carbons (Fsp3) is 1.00. The molecule has 2 heteroatoms. The molecule has 0 bridgehead atoms. The molecule has 2 nitrogen and oxygen atoms in total. The van der Waals surface area contributed by atoms with Crippen LogP contribution in [0.15, 0.2) is 0 Å². The number of nitrogens with zero attached hydrogens (tertiary/aromatic N) is 1. The lowest BCUT2D eigenvalue weighted by molar-refractivity contribution is 0.159. The summed E-state index contributed by atoms with van der Waals surface area (Å²) in [7, 11) is 2.26. The van der Waals surface area contributed by atoms with Crippen molar-refractivity contribution in [1.29, 1.82) is 0 Å². The smallest absolute Gasteiger partial charge is 0.00684 e. The third-order valence-corrected chi connectivity index (χ3v) is 3.58. The maximum absolute atomic E-state index is 3.65. The van der Waals surface area contributed by atoms with E-state index in [0.717, 1.165) is 12.6 Å². The fourth-order valence-corrected chi connectivity index (χ4v) is 2.23. The first-order chi connectivity index (χ1) is 7.44. The molecule has 0 aromatic heterocycles. The van der Waals surface area contributed by atoms with Crippen LogP contribution in [0.3, 0.4) is 0 Å². The number of hydrogen-bond donors (Lipinski definition) is 1. The second-order valence-corrected chi connectivity index (χ2v) is 6.37. The van der Waals surface area contributed by atoms with Crippen molar-refractivity contribution in [2.24, 2.45) is 5.41 Å². The molecular weight excluding hydrogens is 196 g/mol. The van der Waals surface area contributed by atoms with E-state index in [4.69, 9.17) is 0 Å². The van der Waals surface area contributed by atoms with E-state index >= 15 is 0 Å². The number of rotatable bonds is 8. The van der Waals surface area contributed by atoms with Crippen LogP contribution in [0.1, 0.15) is 53.4 Å². The Bertz CT molecular complexity index is 197. The molecule has 16 heavy (non-hydrogen) atoms. The van der Waals surface area contributed by atoms with Gasteiger partial charge in [-0.1, -0.05) is 27.2 Å². The Balaban J connectivity index is 2.25. The van der Waals surface area contributed by atoms with Crippen molar-refractivity contribution in [3.05, 3.63) is 0 Å². The zero-order chi connectivity index (χ0) is 12.2. The Morgan fingerprint density at radius 2 is 2.00 bits per heavy atom. The molecule has 0 radical (unpaired) electrons. The molecule has 0 aromatic carbocycles. The van der Waals surface area contributed by atoms with Crippen molar-refractivity contribution < 1.29 is 0 Å². The predicted molar refractivity (Wildman–Crippen MR) is 71.8 cm³/mol. The van der Waals surface area contributed by atoms with Gasteiger partial charge < -0.3 is 10.2 Å². The molecule has 1 aliphatic rings. The molecule has 1 rings (SSSR count). The minimum absolute atomic E-state index is 0.388. The highest BCUT2D eigenvalue weighted by atomic mass is 15.1. The summed E-state index contributed by atoms with van der Waals surface area (Å²) in [6.45, 7) is 11.7. The Morgan fingerprint density at radius 3 is 2.50 bits per heavy atom. The topological polar surface area (TPSA) is 15.3 Å². The average molecular weight is 226 g/mol. The molecule has 0 amide bonds. The standard InChI is InChI=1S/C14H30N2/c1-6-7-12(2)16(5)11-14(3,4)10-15-13-8-9-13/h12-13,15H,6-11H2,1-5H3. The Hall–Kier alpha value is -0.0800. The summed E-state index contributed by atoms with van der Waals surface area (Å²) in [5, 5.41) is 3.65. The predicted octanol–water partition coefficient (Wildman–Crippen LogP) is 2.89. The monoisotopic (exact) mass is 226 g/mol. The molecule has 1 atom stereocenters. The third-order valence-electron chi connectivity index (χ3n) is 3.58. The molecule has 1 saturated carbocycles. The molecule has 0 aliphatic heterocycles. The van der Waals surface area contributed by atoms with Crippen LogP contribution in [0.4, 0.5) is 0 Å².